The van der Waals surface area contributed by atoms with Crippen molar-refractivity contribution in [3.8, 4) is 6.07 Å². The minimum atomic E-state index is -4.65. The third kappa shape index (κ3) is 5.25. The molecule has 1 heterocycles. The predicted molar refractivity (Wildman–Crippen MR) is 111 cm³/mol. The van der Waals surface area contributed by atoms with Crippen molar-refractivity contribution < 1.29 is 23.1 Å². The van der Waals surface area contributed by atoms with Crippen molar-refractivity contribution in [1.29, 1.82) is 5.26 Å². The maximum atomic E-state index is 13.7. The van der Waals surface area contributed by atoms with Gasteiger partial charge in [0, 0.05) is 18.7 Å². The van der Waals surface area contributed by atoms with Gasteiger partial charge in [0.25, 0.3) is 5.91 Å². The molecular formula is C22H22F3N5O2. The minimum absolute atomic E-state index is 0.103. The van der Waals surface area contributed by atoms with Gasteiger partial charge in [-0.1, -0.05) is 18.2 Å². The van der Waals surface area contributed by atoms with Crippen LogP contribution in [-0.2, 0) is 6.18 Å². The van der Waals surface area contributed by atoms with Gasteiger partial charge < -0.3 is 16.6 Å². The van der Waals surface area contributed by atoms with Gasteiger partial charge in [0.15, 0.2) is 5.96 Å². The molecule has 1 aliphatic heterocycles. The third-order valence-electron chi connectivity index (χ3n) is 5.49. The van der Waals surface area contributed by atoms with Crippen molar-refractivity contribution in [2.75, 3.05) is 13.1 Å². The van der Waals surface area contributed by atoms with Crippen LogP contribution in [0.5, 0.6) is 0 Å². The molecule has 7 nitrogen and oxygen atoms in total. The van der Waals surface area contributed by atoms with Gasteiger partial charge in [-0.25, -0.2) is 0 Å². The summed E-state index contributed by atoms with van der Waals surface area (Å²) >= 11 is 0. The molecule has 168 valence electrons. The number of hydrogen-bond donors (Lipinski definition) is 3. The fraction of sp³-hybridized carbons (Fsp3) is 0.318. The Labute approximate surface area is 182 Å². The van der Waals surface area contributed by atoms with Crippen LogP contribution in [0.4, 0.5) is 13.2 Å². The normalized spacial score (nSPS) is 16.2. The smallest absolute Gasteiger partial charge is 0.374 e. The first kappa shape index (κ1) is 23.2. The van der Waals surface area contributed by atoms with E-state index in [1.165, 1.54) is 12.1 Å². The van der Waals surface area contributed by atoms with E-state index >= 15 is 0 Å². The minimum Gasteiger partial charge on any atom is -0.374 e. The average Bonchev–Trinajstić information content (AvgIpc) is 2.77. The van der Waals surface area contributed by atoms with E-state index in [1.807, 2.05) is 6.07 Å². The van der Waals surface area contributed by atoms with Crippen molar-refractivity contribution in [1.82, 2.24) is 4.90 Å². The van der Waals surface area contributed by atoms with E-state index in [0.717, 1.165) is 6.07 Å². The van der Waals surface area contributed by atoms with Gasteiger partial charge in [0.05, 0.1) is 17.2 Å². The summed E-state index contributed by atoms with van der Waals surface area (Å²) in [6, 6.07) is 11.9. The molecule has 0 aromatic heterocycles. The monoisotopic (exact) mass is 445 g/mol. The average molecular weight is 445 g/mol. The Balaban J connectivity index is 1.77. The number of aliphatic imine (C=N–C) groups is 1. The lowest BCUT2D eigenvalue weighted by molar-refractivity contribution is -0.138. The number of rotatable bonds is 4. The Morgan fingerprint density at radius 2 is 1.78 bits per heavy atom. The zero-order chi connectivity index (χ0) is 23.5. The molecule has 5 N–H and O–H groups in total. The van der Waals surface area contributed by atoms with Crippen molar-refractivity contribution >= 4 is 11.9 Å². The van der Waals surface area contributed by atoms with Gasteiger partial charge in [-0.2, -0.15) is 23.4 Å². The van der Waals surface area contributed by atoms with Gasteiger partial charge in [-0.3, -0.25) is 9.69 Å². The van der Waals surface area contributed by atoms with Crippen LogP contribution in [-0.4, -0.2) is 35.0 Å². The molecule has 2 aromatic carbocycles. The summed E-state index contributed by atoms with van der Waals surface area (Å²) in [6.07, 6.45) is -4.76. The standard InChI is InChI=1S/C22H22F3N5O2/c23-22(24,25)18-11-16(19(31)29-21(27)28)5-6-17(18)14-7-9-30(10-8-14)20(32)15-3-1-13(12-26)2-4-15/h1-6,11,14,20,32H,7-10H2,(H4,27,28,29,31). The second-order valence-electron chi connectivity index (χ2n) is 7.56. The van der Waals surface area contributed by atoms with Crippen LogP contribution in [0.1, 0.15) is 57.6 Å². The van der Waals surface area contributed by atoms with Crippen molar-refractivity contribution in [2.24, 2.45) is 16.5 Å². The molecule has 1 saturated heterocycles. The largest absolute Gasteiger partial charge is 0.416 e. The number of amides is 1. The molecule has 0 bridgehead atoms. The van der Waals surface area contributed by atoms with E-state index in [9.17, 15) is 23.1 Å². The Kier molecular flexibility index (Phi) is 6.81. The lowest BCUT2D eigenvalue weighted by atomic mass is 9.85. The number of nitrogens with zero attached hydrogens (tertiary/aromatic N) is 3. The van der Waals surface area contributed by atoms with E-state index < -0.39 is 29.8 Å². The van der Waals surface area contributed by atoms with Crippen LogP contribution in [0.2, 0.25) is 0 Å². The second-order valence-corrected chi connectivity index (χ2v) is 7.56. The van der Waals surface area contributed by atoms with Crippen molar-refractivity contribution in [3.05, 3.63) is 70.3 Å². The highest BCUT2D eigenvalue weighted by Gasteiger charge is 2.37. The molecule has 32 heavy (non-hydrogen) atoms. The Hall–Kier alpha value is -3.42. The first-order valence-electron chi connectivity index (χ1n) is 9.87. The number of aliphatic hydroxyl groups is 1. The molecule has 1 unspecified atom stereocenters. The van der Waals surface area contributed by atoms with Gasteiger partial charge in [0.2, 0.25) is 0 Å². The van der Waals surface area contributed by atoms with Crippen LogP contribution in [0.3, 0.4) is 0 Å². The predicted octanol–water partition coefficient (Wildman–Crippen LogP) is 2.86. The first-order valence-corrected chi connectivity index (χ1v) is 9.87. The van der Waals surface area contributed by atoms with Gasteiger partial charge in [0.1, 0.15) is 6.23 Å². The SMILES string of the molecule is N#Cc1ccc(C(O)N2CCC(c3ccc(C(=O)N=C(N)N)cc3C(F)(F)F)CC2)cc1. The lowest BCUT2D eigenvalue weighted by Crippen LogP contribution is -2.36. The summed E-state index contributed by atoms with van der Waals surface area (Å²) in [6.45, 7) is 0.773. The van der Waals surface area contributed by atoms with Crippen LogP contribution in [0, 0.1) is 11.3 Å². The molecule has 1 amide bonds. The number of guanidine groups is 1. The maximum absolute atomic E-state index is 13.7. The van der Waals surface area contributed by atoms with Gasteiger partial charge in [-0.05, 0) is 54.2 Å². The number of carbonyl (C=O) groups excluding carboxylic acids is 1. The van der Waals surface area contributed by atoms with Crippen LogP contribution in [0.25, 0.3) is 0 Å². The molecule has 0 aliphatic carbocycles. The van der Waals surface area contributed by atoms with E-state index in [-0.39, 0.29) is 17.0 Å². The second kappa shape index (κ2) is 9.38. The zero-order valence-corrected chi connectivity index (χ0v) is 17.0. The molecule has 1 atom stereocenters. The quantitative estimate of drug-likeness (QED) is 0.490. The molecule has 2 aromatic rings. The maximum Gasteiger partial charge on any atom is 0.416 e. The summed E-state index contributed by atoms with van der Waals surface area (Å²) in [5.74, 6) is -1.86. The highest BCUT2D eigenvalue weighted by molar-refractivity contribution is 6.02. The lowest BCUT2D eigenvalue weighted by Gasteiger charge is -2.36. The molecule has 3 rings (SSSR count). The summed E-state index contributed by atoms with van der Waals surface area (Å²) in [7, 11) is 0. The highest BCUT2D eigenvalue weighted by atomic mass is 19.4. The number of alkyl halides is 3. The Bertz CT molecular complexity index is 1050. The molecule has 10 heteroatoms. The molecular weight excluding hydrogens is 423 g/mol. The van der Waals surface area contributed by atoms with Crippen LogP contribution in [0.15, 0.2) is 47.5 Å². The third-order valence-corrected chi connectivity index (χ3v) is 5.49. The summed E-state index contributed by atoms with van der Waals surface area (Å²) in [5.41, 5.74) is 10.3. The molecule has 0 spiro atoms. The number of hydrogen-bond acceptors (Lipinski definition) is 4. The topological polar surface area (TPSA) is 129 Å². The van der Waals surface area contributed by atoms with E-state index in [4.69, 9.17) is 16.7 Å². The van der Waals surface area contributed by atoms with Crippen LogP contribution >= 0.6 is 0 Å². The zero-order valence-electron chi connectivity index (χ0n) is 17.0. The summed E-state index contributed by atoms with van der Waals surface area (Å²) in [4.78, 5) is 17.0. The number of halogens is 3. The fourth-order valence-electron chi connectivity index (χ4n) is 3.87. The number of aliphatic hydroxyl groups excluding tert-OH is 1. The molecule has 1 fully saturated rings. The number of likely N-dealkylation sites (tertiary alicyclic amines) is 1. The van der Waals surface area contributed by atoms with Gasteiger partial charge >= 0.3 is 6.18 Å². The highest BCUT2D eigenvalue weighted by Crippen LogP contribution is 2.40. The Morgan fingerprint density at radius 1 is 1.16 bits per heavy atom. The number of piperidine rings is 1. The van der Waals surface area contributed by atoms with E-state index in [0.29, 0.717) is 37.1 Å². The number of carbonyl (C=O) groups is 1. The summed E-state index contributed by atoms with van der Waals surface area (Å²) < 4.78 is 41.2. The van der Waals surface area contributed by atoms with Crippen molar-refractivity contribution in [3.63, 3.8) is 0 Å². The summed E-state index contributed by atoms with van der Waals surface area (Å²) in [5, 5.41) is 19.5. The Morgan fingerprint density at radius 3 is 2.31 bits per heavy atom. The number of nitriles is 1. The van der Waals surface area contributed by atoms with Crippen LogP contribution < -0.4 is 11.5 Å². The van der Waals surface area contributed by atoms with E-state index in [2.05, 4.69) is 4.99 Å². The molecule has 1 aliphatic rings. The van der Waals surface area contributed by atoms with E-state index in [1.54, 1.807) is 29.2 Å². The number of nitrogens with two attached hydrogens (primary N) is 2. The first-order chi connectivity index (χ1) is 15.1. The fourth-order valence-corrected chi connectivity index (χ4v) is 3.87. The molecule has 0 radical (unpaired) electrons. The van der Waals surface area contributed by atoms with Crippen molar-refractivity contribution in [2.45, 2.75) is 31.2 Å². The van der Waals surface area contributed by atoms with Gasteiger partial charge in [-0.15, -0.1) is 0 Å². The number of benzene rings is 2. The molecule has 0 saturated carbocycles.